The van der Waals surface area contributed by atoms with E-state index in [-0.39, 0.29) is 0 Å². The van der Waals surface area contributed by atoms with Gasteiger partial charge in [0.25, 0.3) is 0 Å². The number of hydrogen-bond acceptors (Lipinski definition) is 2. The van der Waals surface area contributed by atoms with Gasteiger partial charge in [-0.05, 0) is 45.2 Å². The van der Waals surface area contributed by atoms with E-state index >= 15 is 0 Å². The number of benzene rings is 1. The van der Waals surface area contributed by atoms with Gasteiger partial charge in [0.05, 0.1) is 13.6 Å². The monoisotopic (exact) mass is 443 g/mol. The molecule has 3 unspecified atom stereocenters. The van der Waals surface area contributed by atoms with Gasteiger partial charge in [0, 0.05) is 44.8 Å². The molecule has 3 rings (SSSR count). The molecule has 3 atom stereocenters. The Morgan fingerprint density at radius 3 is 2.03 bits per heavy atom. The molecule has 1 aromatic heterocycles. The van der Waals surface area contributed by atoms with Gasteiger partial charge < -0.3 is 10.6 Å². The molecule has 0 radical (unpaired) electrons. The lowest BCUT2D eigenvalue weighted by Crippen LogP contribution is -2.26. The largest absolute Gasteiger partial charge is 0.398 e. The summed E-state index contributed by atoms with van der Waals surface area (Å²) in [5.41, 5.74) is 12.0. The second-order valence-corrected chi connectivity index (χ2v) is 16.8. The molecule has 1 saturated heterocycles. The van der Waals surface area contributed by atoms with E-state index in [2.05, 4.69) is 93.5 Å². The molecule has 30 heavy (non-hydrogen) atoms. The van der Waals surface area contributed by atoms with Crippen molar-refractivity contribution in [1.82, 2.24) is 4.57 Å². The van der Waals surface area contributed by atoms with Crippen molar-refractivity contribution in [2.24, 2.45) is 7.05 Å². The summed E-state index contributed by atoms with van der Waals surface area (Å²) in [4.78, 5) is 2.58. The predicted octanol–water partition coefficient (Wildman–Crippen LogP) is 2.68. The van der Waals surface area contributed by atoms with Gasteiger partial charge in [-0.25, -0.2) is 9.13 Å². The maximum atomic E-state index is 6.87. The average Bonchev–Trinajstić information content (AvgIpc) is 3.28. The zero-order chi connectivity index (χ0) is 22.4. The summed E-state index contributed by atoms with van der Waals surface area (Å²) >= 11 is 0. The quantitative estimate of drug-likeness (QED) is 0.423. The second kappa shape index (κ2) is 8.19. The molecular formula is C24H43N4Si2+. The van der Waals surface area contributed by atoms with Crippen molar-refractivity contribution in [3.05, 3.63) is 42.0 Å². The molecule has 1 aliphatic heterocycles. The van der Waals surface area contributed by atoms with Crippen LogP contribution >= 0.6 is 0 Å². The fourth-order valence-electron chi connectivity index (χ4n) is 4.42. The van der Waals surface area contributed by atoms with E-state index in [1.807, 2.05) is 0 Å². The molecule has 2 N–H and O–H groups in total. The number of nitrogen functional groups attached to an aromatic ring is 1. The molecule has 0 saturated carbocycles. The molecule has 0 bridgehead atoms. The first-order valence-corrected chi connectivity index (χ1v) is 13.5. The minimum atomic E-state index is 0.317. The van der Waals surface area contributed by atoms with Crippen LogP contribution in [0.2, 0.25) is 10.1 Å². The molecule has 0 spiro atoms. The molecule has 1 aliphatic rings. The van der Waals surface area contributed by atoms with Crippen molar-refractivity contribution in [2.45, 2.75) is 75.9 Å². The summed E-state index contributed by atoms with van der Waals surface area (Å²) in [7, 11) is 4.40. The van der Waals surface area contributed by atoms with Crippen LogP contribution in [0.4, 0.5) is 11.4 Å². The minimum Gasteiger partial charge on any atom is -0.398 e. The highest BCUT2D eigenvalue weighted by Crippen LogP contribution is 2.48. The predicted molar refractivity (Wildman–Crippen MR) is 137 cm³/mol. The van der Waals surface area contributed by atoms with Gasteiger partial charge in [-0.2, -0.15) is 0 Å². The van der Waals surface area contributed by atoms with E-state index in [0.717, 1.165) is 39.3 Å². The van der Waals surface area contributed by atoms with Crippen LogP contribution in [-0.2, 0) is 7.05 Å². The molecule has 166 valence electrons. The Kier molecular flexibility index (Phi) is 6.31. The van der Waals surface area contributed by atoms with Crippen LogP contribution in [0.15, 0.2) is 30.9 Å². The fourth-order valence-corrected chi connectivity index (χ4v) is 5.04. The van der Waals surface area contributed by atoms with E-state index in [1.54, 1.807) is 0 Å². The highest BCUT2D eigenvalue weighted by Gasteiger charge is 2.32. The lowest BCUT2D eigenvalue weighted by molar-refractivity contribution is -0.671. The number of rotatable bonds is 6. The molecule has 2 heterocycles. The maximum absolute atomic E-state index is 6.87. The Labute approximate surface area is 189 Å². The molecule has 2 aromatic rings. The summed E-state index contributed by atoms with van der Waals surface area (Å²) in [5, 5.41) is 0.633. The topological polar surface area (TPSA) is 38.1 Å². The van der Waals surface area contributed by atoms with Crippen LogP contribution in [0, 0.1) is 0 Å². The van der Waals surface area contributed by atoms with Gasteiger partial charge in [0.1, 0.15) is 18.4 Å². The first-order chi connectivity index (χ1) is 13.8. The van der Waals surface area contributed by atoms with Crippen molar-refractivity contribution >= 4 is 31.9 Å². The molecular weight excluding hydrogens is 400 g/mol. The summed E-state index contributed by atoms with van der Waals surface area (Å²) in [5.74, 6) is 0.934. The lowest BCUT2D eigenvalue weighted by atomic mass is 9.81. The third kappa shape index (κ3) is 4.69. The van der Waals surface area contributed by atoms with Gasteiger partial charge in [-0.1, -0.05) is 41.5 Å². The zero-order valence-corrected chi connectivity index (χ0v) is 24.7. The van der Waals surface area contributed by atoms with E-state index in [1.165, 1.54) is 23.2 Å². The van der Waals surface area contributed by atoms with E-state index in [9.17, 15) is 0 Å². The van der Waals surface area contributed by atoms with Crippen molar-refractivity contribution in [2.75, 3.05) is 23.7 Å². The fraction of sp³-hybridized carbons (Fsp3) is 0.625. The Morgan fingerprint density at radius 2 is 1.60 bits per heavy atom. The molecule has 1 aromatic carbocycles. The Morgan fingerprint density at radius 1 is 1.07 bits per heavy atom. The van der Waals surface area contributed by atoms with E-state index in [0.29, 0.717) is 28.0 Å². The van der Waals surface area contributed by atoms with Crippen LogP contribution in [0.3, 0.4) is 0 Å². The molecule has 1 fully saturated rings. The number of aromatic nitrogens is 2. The highest BCUT2D eigenvalue weighted by molar-refractivity contribution is 6.15. The Balaban J connectivity index is 2.01. The van der Waals surface area contributed by atoms with E-state index in [4.69, 9.17) is 5.73 Å². The first kappa shape index (κ1) is 23.1. The SMILES string of the molecule is CC(c1cc(N2CCC(n3cc[n+](C)c3)C2)cc(C(C)C(C)(C)[SiH3])c1N)C(C)(C)[SiH3]. The van der Waals surface area contributed by atoms with Crippen LogP contribution in [-0.4, -0.2) is 38.1 Å². The van der Waals surface area contributed by atoms with Crippen molar-refractivity contribution in [3.8, 4) is 0 Å². The highest BCUT2D eigenvalue weighted by atomic mass is 28.1. The third-order valence-corrected chi connectivity index (χ3v) is 9.23. The molecule has 4 nitrogen and oxygen atoms in total. The lowest BCUT2D eigenvalue weighted by Gasteiger charge is -2.34. The summed E-state index contributed by atoms with van der Waals surface area (Å²) in [6.45, 7) is 16.4. The molecule has 0 amide bonds. The van der Waals surface area contributed by atoms with Crippen molar-refractivity contribution in [1.29, 1.82) is 0 Å². The Bertz CT molecular complexity index is 850. The van der Waals surface area contributed by atoms with Gasteiger partial charge in [-0.15, -0.1) is 0 Å². The third-order valence-electron chi connectivity index (χ3n) is 7.50. The van der Waals surface area contributed by atoms with Crippen molar-refractivity contribution < 1.29 is 4.57 Å². The van der Waals surface area contributed by atoms with Crippen LogP contribution < -0.4 is 15.2 Å². The zero-order valence-electron chi connectivity index (χ0n) is 20.7. The summed E-state index contributed by atoms with van der Waals surface area (Å²) in [6, 6.07) is 5.36. The number of anilines is 2. The maximum Gasteiger partial charge on any atom is 0.243 e. The van der Waals surface area contributed by atoms with Crippen LogP contribution in [0.5, 0.6) is 0 Å². The summed E-state index contributed by atoms with van der Waals surface area (Å²) in [6.07, 6.45) is 7.72. The van der Waals surface area contributed by atoms with Gasteiger partial charge >= 0.3 is 0 Å². The standard InChI is InChI=1S/C24H43N4Si2/c1-16(23(3,4)29)20-12-19(13-21(22(20)25)17(2)24(5,6)30)27-9-8-18(14-27)28-11-10-26(7)15-28/h10-13,15-18H,8-9,14,25H2,1-7,29-30H3/q+1. The molecule has 0 aliphatic carbocycles. The smallest absolute Gasteiger partial charge is 0.243 e. The number of hydrogen-bond donors (Lipinski definition) is 1. The Hall–Kier alpha value is -1.54. The number of nitrogens with two attached hydrogens (primary N) is 1. The van der Waals surface area contributed by atoms with Crippen LogP contribution in [0.1, 0.15) is 77.0 Å². The van der Waals surface area contributed by atoms with Gasteiger partial charge in [0.15, 0.2) is 0 Å². The first-order valence-electron chi connectivity index (χ1n) is 11.5. The minimum absolute atomic E-state index is 0.317. The number of imidazole rings is 1. The van der Waals surface area contributed by atoms with Crippen molar-refractivity contribution in [3.63, 3.8) is 0 Å². The van der Waals surface area contributed by atoms with Gasteiger partial charge in [-0.3, -0.25) is 0 Å². The average molecular weight is 444 g/mol. The normalized spacial score (nSPS) is 20.1. The second-order valence-electron chi connectivity index (χ2n) is 11.6. The van der Waals surface area contributed by atoms with Gasteiger partial charge in [0.2, 0.25) is 6.33 Å². The summed E-state index contributed by atoms with van der Waals surface area (Å²) < 4.78 is 4.50. The molecule has 6 heteroatoms. The van der Waals surface area contributed by atoms with Crippen LogP contribution in [0.25, 0.3) is 0 Å². The number of aryl methyl sites for hydroxylation is 1. The number of nitrogens with zero attached hydrogens (tertiary/aromatic N) is 3. The van der Waals surface area contributed by atoms with E-state index < -0.39 is 0 Å².